The van der Waals surface area contributed by atoms with Gasteiger partial charge in [-0.2, -0.15) is 0 Å². The highest BCUT2D eigenvalue weighted by Crippen LogP contribution is 2.55. The number of nitrogens with zero attached hydrogens (tertiary/aromatic N) is 7. The normalized spacial score (nSPS) is 14.2. The molecule has 9 heteroatoms. The zero-order valence-electron chi connectivity index (χ0n) is 73.2. The highest BCUT2D eigenvalue weighted by Gasteiger charge is 2.47. The van der Waals surface area contributed by atoms with Crippen LogP contribution in [-0.4, -0.2) is 31.2 Å². The van der Waals surface area contributed by atoms with Crippen LogP contribution in [0.2, 0.25) is 0 Å². The van der Waals surface area contributed by atoms with Gasteiger partial charge in [-0.3, -0.25) is 19.9 Å². The van der Waals surface area contributed by atoms with Crippen molar-refractivity contribution in [1.29, 1.82) is 0 Å². The number of furan rings is 1. The molecule has 0 atom stereocenters. The molecule has 0 unspecified atom stereocenters. The van der Waals surface area contributed by atoms with Crippen molar-refractivity contribution < 1.29 is 11.3 Å². The Hall–Kier alpha value is -11.2. The molecule has 0 saturated heterocycles. The topological polar surface area (TPSA) is 76.1 Å². The quantitative estimate of drug-likeness (QED) is 0.140. The molecule has 554 valence electrons. The molecule has 2 aliphatic heterocycles. The van der Waals surface area contributed by atoms with Gasteiger partial charge in [0.25, 0.3) is 6.71 Å². The fourth-order valence-corrected chi connectivity index (χ4v) is 16.5. The first-order chi connectivity index (χ1) is 54.5. The van der Waals surface area contributed by atoms with Crippen molar-refractivity contribution in [2.75, 3.05) is 9.80 Å². The van der Waals surface area contributed by atoms with Crippen molar-refractivity contribution >= 4 is 101 Å². The van der Waals surface area contributed by atoms with Gasteiger partial charge in [-0.1, -0.05) is 279 Å². The molecule has 0 fully saturated rings. The van der Waals surface area contributed by atoms with Crippen molar-refractivity contribution in [2.24, 2.45) is 0 Å². The van der Waals surface area contributed by atoms with Crippen molar-refractivity contribution in [1.82, 2.24) is 24.5 Å². The Morgan fingerprint density at radius 2 is 0.820 bits per heavy atom. The van der Waals surface area contributed by atoms with Gasteiger partial charge in [0, 0.05) is 134 Å². The number of aromatic nitrogens is 5. The highest BCUT2D eigenvalue weighted by molar-refractivity contribution is 7.00. The molecule has 111 heavy (non-hydrogen) atoms. The number of anilines is 6. The Morgan fingerprint density at radius 3 is 1.35 bits per heavy atom. The zero-order chi connectivity index (χ0) is 82.5. The Labute approximate surface area is 663 Å². The van der Waals surface area contributed by atoms with Crippen LogP contribution in [0.4, 0.5) is 34.1 Å². The molecule has 0 aliphatic carbocycles. The van der Waals surface area contributed by atoms with Crippen LogP contribution in [0, 0.1) is 0 Å². The van der Waals surface area contributed by atoms with Crippen LogP contribution < -0.4 is 26.2 Å². The lowest BCUT2D eigenvalue weighted by molar-refractivity contribution is 0.531. The second kappa shape index (κ2) is 25.7. The summed E-state index contributed by atoms with van der Waals surface area (Å²) < 4.78 is 56.4. The van der Waals surface area contributed by atoms with Crippen LogP contribution in [0.3, 0.4) is 0 Å². The van der Waals surface area contributed by atoms with E-state index in [4.69, 9.17) is 25.7 Å². The lowest BCUT2D eigenvalue weighted by atomic mass is 9.33. The number of hydrogen-bond acceptors (Lipinski definition) is 7. The first-order valence-corrected chi connectivity index (χ1v) is 39.3. The monoisotopic (exact) mass is 1460 g/mol. The first-order valence-electron chi connectivity index (χ1n) is 41.8. The van der Waals surface area contributed by atoms with Crippen LogP contribution in [0.5, 0.6) is 0 Å². The first kappa shape index (κ1) is 66.8. The molecule has 15 aromatic rings. The van der Waals surface area contributed by atoms with E-state index in [1.807, 2.05) is 18.2 Å². The summed E-state index contributed by atoms with van der Waals surface area (Å²) in [5, 5.41) is 4.18. The van der Waals surface area contributed by atoms with Gasteiger partial charge < -0.3 is 18.8 Å². The molecular weight excluding hydrogens is 1350 g/mol. The van der Waals surface area contributed by atoms with E-state index >= 15 is 0 Å². The minimum atomic E-state index is -0.587. The summed E-state index contributed by atoms with van der Waals surface area (Å²) in [6.07, 6.45) is 0. The van der Waals surface area contributed by atoms with Gasteiger partial charge in [0.2, 0.25) is 0 Å². The van der Waals surface area contributed by atoms with Gasteiger partial charge in [0.15, 0.2) is 0 Å². The van der Waals surface area contributed by atoms with Gasteiger partial charge in [-0.25, -0.2) is 0 Å². The smallest absolute Gasteiger partial charge is 0.252 e. The number of benzene rings is 9. The van der Waals surface area contributed by atoms with Gasteiger partial charge in [-0.15, -0.1) is 0 Å². The molecule has 8 heterocycles. The number of pyridine rings is 4. The van der Waals surface area contributed by atoms with Crippen LogP contribution in [0.1, 0.15) is 192 Å². The van der Waals surface area contributed by atoms with Crippen molar-refractivity contribution in [2.45, 2.75) is 183 Å². The van der Waals surface area contributed by atoms with E-state index in [9.17, 15) is 5.48 Å². The number of rotatable bonds is 8. The average molecular weight is 1460 g/mol. The molecule has 17 rings (SSSR count). The lowest BCUT2D eigenvalue weighted by Gasteiger charge is -2.46. The van der Waals surface area contributed by atoms with E-state index in [0.29, 0.717) is 5.56 Å². The van der Waals surface area contributed by atoms with Gasteiger partial charge in [0.05, 0.1) is 46.0 Å². The maximum atomic E-state index is 9.79. The highest BCUT2D eigenvalue weighted by atomic mass is 16.3. The second-order valence-electron chi connectivity index (χ2n) is 38.1. The van der Waals surface area contributed by atoms with Crippen molar-refractivity contribution in [3.05, 3.63) is 276 Å². The summed E-state index contributed by atoms with van der Waals surface area (Å²) in [5.74, 6) is 0. The minimum absolute atomic E-state index is 0.120. The van der Waals surface area contributed by atoms with Crippen LogP contribution in [0.15, 0.2) is 241 Å². The van der Waals surface area contributed by atoms with E-state index < -0.39 is 30.3 Å². The number of fused-ring (bicyclic) bond motifs is 11. The fraction of sp³-hybridized carbons (Fsp3) is 0.275. The van der Waals surface area contributed by atoms with E-state index in [0.717, 1.165) is 184 Å². The van der Waals surface area contributed by atoms with Crippen LogP contribution in [-0.2, 0) is 37.9 Å². The van der Waals surface area contributed by atoms with Gasteiger partial charge in [0.1, 0.15) is 11.2 Å². The summed E-state index contributed by atoms with van der Waals surface area (Å²) in [5.41, 5.74) is 25.2. The summed E-state index contributed by atoms with van der Waals surface area (Å²) >= 11 is 0. The van der Waals surface area contributed by atoms with E-state index in [1.165, 1.54) is 0 Å². The van der Waals surface area contributed by atoms with Crippen molar-refractivity contribution in [3.8, 4) is 61.6 Å². The van der Waals surface area contributed by atoms with Crippen LogP contribution >= 0.6 is 0 Å². The van der Waals surface area contributed by atoms with E-state index in [-0.39, 0.29) is 50.1 Å². The molecule has 8 nitrogen and oxygen atoms in total. The molecule has 0 radical (unpaired) electrons. The molecule has 0 bridgehead atoms. The minimum Gasteiger partial charge on any atom is -0.455 e. The van der Waals surface area contributed by atoms with Crippen molar-refractivity contribution in [3.63, 3.8) is 0 Å². The Balaban J connectivity index is 1.09. The van der Waals surface area contributed by atoms with Gasteiger partial charge >= 0.3 is 0 Å². The molecule has 0 saturated carbocycles. The largest absolute Gasteiger partial charge is 0.455 e. The summed E-state index contributed by atoms with van der Waals surface area (Å²) in [6, 6.07) is 73.3. The summed E-state index contributed by atoms with van der Waals surface area (Å²) in [6.45, 7) is 46.6. The lowest BCUT2D eigenvalue weighted by Crippen LogP contribution is -2.61. The Bertz CT molecular complexity index is 6350. The molecule has 9 aromatic carbocycles. The Morgan fingerprint density at radius 1 is 0.333 bits per heavy atom. The Kier molecular flexibility index (Phi) is 15.5. The van der Waals surface area contributed by atoms with Gasteiger partial charge in [-0.05, 0) is 153 Å². The van der Waals surface area contributed by atoms with Crippen LogP contribution in [0.25, 0.3) is 105 Å². The fourth-order valence-electron chi connectivity index (χ4n) is 16.5. The third-order valence-corrected chi connectivity index (χ3v) is 22.6. The molecule has 2 aliphatic rings. The molecule has 0 amide bonds. The third-order valence-electron chi connectivity index (χ3n) is 22.6. The maximum absolute atomic E-state index is 9.79. The SMILES string of the molecule is [2H]c1c([2H])c([2H])c(-c2ccc3c(c2)B2c4ccc(-n5c6ccccc6c6c7oc8ccccc8c7ccc65)cc4N(c4c(-c5cccc(C(C)(C)C)n5)cccc4-c4cccc(C(C)(C)C)n4)c4cc(C(C)(C)C)cc(c42)N3c2c(-c3cc(C(C)(C)C)nc(C(C)(C)C)c3)cccc2-c2cc(C(C)(C)C)nc(C(C)(C)C)c2)c([2H])c1[2H]. The standard InChI is InChI=1S/C102H102BN7O/c1-96(2,3)65-58-82-92-83(59-65)110(94-71(76-41-31-45-85(104-76)97(4,5)6)39-30-40-72(94)77-42-32-46-86(105-77)98(7,8)9)81-60-66(108-78-43-27-25-36-73(78)91-80(108)52-49-70-69-35-26-28-44-84(69)111-95(70)91)48-50-74(81)103(92)75-53-62(61-33-23-22-24-34-61)47-51-79(75)109(82)93-67(63-54-87(99(10,11)12)106-88(55-63)100(13,14)15)37-29-38-68(93)64-56-89(101(16,17)18)107-90(57-64)102(19,20)21/h22-60H,1-21H3/i22D,23D,24D,33D,34D. The van der Waals surface area contributed by atoms with E-state index in [2.05, 4.69) is 348 Å². The predicted molar refractivity (Wildman–Crippen MR) is 471 cm³/mol. The second-order valence-corrected chi connectivity index (χ2v) is 38.1. The predicted octanol–water partition coefficient (Wildman–Crippen LogP) is 25.8. The summed E-state index contributed by atoms with van der Waals surface area (Å²) in [4.78, 5) is 27.6. The maximum Gasteiger partial charge on any atom is 0.252 e. The summed E-state index contributed by atoms with van der Waals surface area (Å²) in [7, 11) is 0. The van der Waals surface area contributed by atoms with E-state index in [1.54, 1.807) is 0 Å². The number of hydrogen-bond donors (Lipinski definition) is 0. The zero-order valence-corrected chi connectivity index (χ0v) is 68.2. The molecular formula is C102H102BN7O. The molecule has 0 spiro atoms. The molecule has 0 N–H and O–H groups in total. The molecule has 6 aromatic heterocycles. The number of para-hydroxylation sites is 4. The average Bonchev–Trinajstić information content (AvgIpc) is 0.714. The third kappa shape index (κ3) is 12.5.